The van der Waals surface area contributed by atoms with Crippen molar-refractivity contribution in [3.05, 3.63) is 84.6 Å². The molecular weight excluding hydrogens is 400 g/mol. The molecule has 3 aromatic carbocycles. The third-order valence-corrected chi connectivity index (χ3v) is 5.40. The minimum absolute atomic E-state index is 0.197. The number of carbonyl (C=O) groups is 1. The second-order valence-corrected chi connectivity index (χ2v) is 7.82. The SMILES string of the molecule is COc1cc2occ(-c3ccccc3)c2cc1/C(C)=C/C(=O)Nc1ccc(N(C)C)cc1. The van der Waals surface area contributed by atoms with Gasteiger partial charge < -0.3 is 19.4 Å². The Morgan fingerprint density at radius 3 is 2.41 bits per heavy atom. The van der Waals surface area contributed by atoms with E-state index in [4.69, 9.17) is 9.15 Å². The van der Waals surface area contributed by atoms with Crippen molar-refractivity contribution in [1.82, 2.24) is 0 Å². The molecular formula is C27H26N2O3. The maximum atomic E-state index is 12.7. The van der Waals surface area contributed by atoms with Crippen LogP contribution in [0.1, 0.15) is 12.5 Å². The van der Waals surface area contributed by atoms with Crippen molar-refractivity contribution in [3.63, 3.8) is 0 Å². The molecule has 0 aliphatic carbocycles. The molecule has 0 unspecified atom stereocenters. The van der Waals surface area contributed by atoms with Crippen LogP contribution in [0, 0.1) is 0 Å². The summed E-state index contributed by atoms with van der Waals surface area (Å²) in [6, 6.07) is 21.7. The summed E-state index contributed by atoms with van der Waals surface area (Å²) in [6.07, 6.45) is 3.35. The van der Waals surface area contributed by atoms with Crippen LogP contribution in [0.3, 0.4) is 0 Å². The third kappa shape index (κ3) is 4.37. The molecule has 0 radical (unpaired) electrons. The summed E-state index contributed by atoms with van der Waals surface area (Å²) < 4.78 is 11.4. The smallest absolute Gasteiger partial charge is 0.248 e. The maximum absolute atomic E-state index is 12.7. The first-order valence-electron chi connectivity index (χ1n) is 10.4. The summed E-state index contributed by atoms with van der Waals surface area (Å²) in [5.41, 5.74) is 6.27. The van der Waals surface area contributed by atoms with Crippen molar-refractivity contribution in [3.8, 4) is 16.9 Å². The van der Waals surface area contributed by atoms with Gasteiger partial charge in [-0.25, -0.2) is 0 Å². The highest BCUT2D eigenvalue weighted by molar-refractivity contribution is 6.05. The molecule has 0 fully saturated rings. The van der Waals surface area contributed by atoms with E-state index in [9.17, 15) is 4.79 Å². The highest BCUT2D eigenvalue weighted by Gasteiger charge is 2.15. The monoisotopic (exact) mass is 426 g/mol. The van der Waals surface area contributed by atoms with Gasteiger partial charge in [-0.3, -0.25) is 4.79 Å². The molecule has 4 aromatic rings. The van der Waals surface area contributed by atoms with E-state index in [0.29, 0.717) is 5.75 Å². The lowest BCUT2D eigenvalue weighted by atomic mass is 9.99. The van der Waals surface area contributed by atoms with E-state index in [1.165, 1.54) is 0 Å². The number of benzene rings is 3. The summed E-state index contributed by atoms with van der Waals surface area (Å²) in [5, 5.41) is 3.89. The number of methoxy groups -OCH3 is 1. The number of anilines is 2. The van der Waals surface area contributed by atoms with Gasteiger partial charge >= 0.3 is 0 Å². The highest BCUT2D eigenvalue weighted by atomic mass is 16.5. The van der Waals surface area contributed by atoms with Crippen molar-refractivity contribution in [2.45, 2.75) is 6.92 Å². The summed E-state index contributed by atoms with van der Waals surface area (Å²) >= 11 is 0. The first kappa shape index (κ1) is 21.2. The molecule has 5 nitrogen and oxygen atoms in total. The fourth-order valence-corrected chi connectivity index (χ4v) is 3.67. The van der Waals surface area contributed by atoms with Crippen molar-refractivity contribution in [2.75, 3.05) is 31.4 Å². The average Bonchev–Trinajstić information content (AvgIpc) is 3.22. The molecule has 1 amide bonds. The number of fused-ring (bicyclic) bond motifs is 1. The Morgan fingerprint density at radius 1 is 1.03 bits per heavy atom. The van der Waals surface area contributed by atoms with Crippen molar-refractivity contribution >= 4 is 33.8 Å². The normalized spacial score (nSPS) is 11.4. The Balaban J connectivity index is 1.64. The second-order valence-electron chi connectivity index (χ2n) is 7.82. The lowest BCUT2D eigenvalue weighted by Crippen LogP contribution is -2.10. The molecule has 1 aromatic heterocycles. The molecule has 0 saturated carbocycles. The topological polar surface area (TPSA) is 54.7 Å². The predicted octanol–water partition coefficient (Wildman–Crippen LogP) is 6.22. The van der Waals surface area contributed by atoms with Crippen LogP contribution in [0.25, 0.3) is 27.7 Å². The summed E-state index contributed by atoms with van der Waals surface area (Å²) in [6.45, 7) is 1.90. The van der Waals surface area contributed by atoms with Crippen LogP contribution in [0.2, 0.25) is 0 Å². The van der Waals surface area contributed by atoms with Crippen LogP contribution in [0.5, 0.6) is 5.75 Å². The van der Waals surface area contributed by atoms with Crippen LogP contribution in [0.4, 0.5) is 11.4 Å². The fraction of sp³-hybridized carbons (Fsp3) is 0.148. The number of allylic oxidation sites excluding steroid dienone is 1. The van der Waals surface area contributed by atoms with E-state index in [1.54, 1.807) is 19.4 Å². The minimum Gasteiger partial charge on any atom is -0.496 e. The van der Waals surface area contributed by atoms with Gasteiger partial charge in [-0.15, -0.1) is 0 Å². The van der Waals surface area contributed by atoms with E-state index < -0.39 is 0 Å². The summed E-state index contributed by atoms with van der Waals surface area (Å²) in [7, 11) is 5.58. The summed E-state index contributed by atoms with van der Waals surface area (Å²) in [5.74, 6) is 0.459. The van der Waals surface area contributed by atoms with Crippen molar-refractivity contribution in [1.29, 1.82) is 0 Å². The van der Waals surface area contributed by atoms with Crippen LogP contribution in [-0.2, 0) is 4.79 Å². The second kappa shape index (κ2) is 9.02. The van der Waals surface area contributed by atoms with Gasteiger partial charge in [0.1, 0.15) is 11.3 Å². The first-order chi connectivity index (χ1) is 15.5. The molecule has 0 saturated heterocycles. The standard InChI is InChI=1S/C27H26N2O3/c1-18(14-27(30)28-20-10-12-21(13-11-20)29(2)3)22-15-23-24(19-8-6-5-7-9-19)17-32-26(23)16-25(22)31-4/h5-17H,1-4H3,(H,28,30)/b18-14+. The zero-order valence-electron chi connectivity index (χ0n) is 18.7. The molecule has 1 heterocycles. The lowest BCUT2D eigenvalue weighted by molar-refractivity contribution is -0.111. The van der Waals surface area contributed by atoms with Gasteiger partial charge in [-0.05, 0) is 48.4 Å². The lowest BCUT2D eigenvalue weighted by Gasteiger charge is -2.13. The van der Waals surface area contributed by atoms with E-state index >= 15 is 0 Å². The third-order valence-electron chi connectivity index (χ3n) is 5.40. The molecule has 0 aliphatic heterocycles. The van der Waals surface area contributed by atoms with Crippen LogP contribution in [0.15, 0.2) is 83.5 Å². The molecule has 32 heavy (non-hydrogen) atoms. The van der Waals surface area contributed by atoms with E-state index in [-0.39, 0.29) is 5.91 Å². The Bertz CT molecular complexity index is 1270. The van der Waals surface area contributed by atoms with Gasteiger partial charge in [-0.2, -0.15) is 0 Å². The predicted molar refractivity (Wildman–Crippen MR) is 131 cm³/mol. The van der Waals surface area contributed by atoms with Crippen molar-refractivity contribution in [2.24, 2.45) is 0 Å². The minimum atomic E-state index is -0.197. The number of furan rings is 1. The van der Waals surface area contributed by atoms with Gasteiger partial charge in [0, 0.05) is 54.1 Å². The summed E-state index contributed by atoms with van der Waals surface area (Å²) in [4.78, 5) is 14.7. The number of nitrogens with one attached hydrogen (secondary N) is 1. The molecule has 5 heteroatoms. The fourth-order valence-electron chi connectivity index (χ4n) is 3.67. The van der Waals surface area contributed by atoms with Gasteiger partial charge in [0.25, 0.3) is 0 Å². The quantitative estimate of drug-likeness (QED) is 0.372. The number of hydrogen-bond acceptors (Lipinski definition) is 4. The molecule has 162 valence electrons. The van der Waals surface area contributed by atoms with Gasteiger partial charge in [-0.1, -0.05) is 30.3 Å². The van der Waals surface area contributed by atoms with Gasteiger partial charge in [0.2, 0.25) is 5.91 Å². The maximum Gasteiger partial charge on any atom is 0.248 e. The van der Waals surface area contributed by atoms with Crippen LogP contribution in [-0.4, -0.2) is 27.1 Å². The highest BCUT2D eigenvalue weighted by Crippen LogP contribution is 2.37. The molecule has 0 bridgehead atoms. The molecule has 4 rings (SSSR count). The number of nitrogens with zero attached hydrogens (tertiary/aromatic N) is 1. The van der Waals surface area contributed by atoms with Crippen molar-refractivity contribution < 1.29 is 13.9 Å². The Hall–Kier alpha value is -3.99. The average molecular weight is 427 g/mol. The molecule has 0 atom stereocenters. The Kier molecular flexibility index (Phi) is 5.99. The largest absolute Gasteiger partial charge is 0.496 e. The molecule has 0 spiro atoms. The van der Waals surface area contributed by atoms with Crippen LogP contribution < -0.4 is 15.0 Å². The number of amides is 1. The van der Waals surface area contributed by atoms with Crippen LogP contribution >= 0.6 is 0 Å². The van der Waals surface area contributed by atoms with Gasteiger partial charge in [0.15, 0.2) is 0 Å². The first-order valence-corrected chi connectivity index (χ1v) is 10.4. The van der Waals surface area contributed by atoms with E-state index in [2.05, 4.69) is 5.32 Å². The number of hydrogen-bond donors (Lipinski definition) is 1. The zero-order chi connectivity index (χ0) is 22.7. The molecule has 1 N–H and O–H groups in total. The number of ether oxygens (including phenoxy) is 1. The number of carbonyl (C=O) groups excluding carboxylic acids is 1. The Morgan fingerprint density at radius 2 is 1.75 bits per heavy atom. The Labute approximate surface area is 187 Å². The van der Waals surface area contributed by atoms with Gasteiger partial charge in [0.05, 0.1) is 13.4 Å². The zero-order valence-corrected chi connectivity index (χ0v) is 18.7. The van der Waals surface area contributed by atoms with E-state index in [0.717, 1.165) is 44.6 Å². The van der Waals surface area contributed by atoms with E-state index in [1.807, 2.05) is 92.6 Å². The molecule has 0 aliphatic rings. The number of rotatable bonds is 6.